The standard InChI is InChI=1S/C22H28F2N4O2/c1-27-8-10-28(11-9-27)15-17-5-3-2-4-16(17)13-25-22(30)26-14-21(29)19-7-6-18(23)12-20(19)24/h2-7,12,21,29H,8-11,13-15H2,1H3,(H2,25,26,30)/t21-/m0/s1. The number of likely N-dealkylation sites (N-methyl/N-ethyl adjacent to an activating group) is 1. The Hall–Kier alpha value is -2.55. The van der Waals surface area contributed by atoms with Crippen molar-refractivity contribution in [3.8, 4) is 0 Å². The molecule has 1 heterocycles. The first-order chi connectivity index (χ1) is 14.4. The number of nitrogens with zero attached hydrogens (tertiary/aromatic N) is 2. The molecule has 162 valence electrons. The average molecular weight is 418 g/mol. The second kappa shape index (κ2) is 10.5. The highest BCUT2D eigenvalue weighted by atomic mass is 19.1. The fraction of sp³-hybridized carbons (Fsp3) is 0.409. The molecule has 0 unspecified atom stereocenters. The van der Waals surface area contributed by atoms with Gasteiger partial charge >= 0.3 is 6.03 Å². The van der Waals surface area contributed by atoms with Crippen LogP contribution in [0.2, 0.25) is 0 Å². The van der Waals surface area contributed by atoms with E-state index in [2.05, 4.69) is 33.5 Å². The summed E-state index contributed by atoms with van der Waals surface area (Å²) in [7, 11) is 2.12. The quantitative estimate of drug-likeness (QED) is 0.645. The van der Waals surface area contributed by atoms with E-state index in [0.29, 0.717) is 12.6 Å². The van der Waals surface area contributed by atoms with Crippen molar-refractivity contribution >= 4 is 6.03 Å². The Labute approximate surface area is 175 Å². The third-order valence-corrected chi connectivity index (χ3v) is 5.33. The smallest absolute Gasteiger partial charge is 0.315 e. The van der Waals surface area contributed by atoms with Gasteiger partial charge in [0, 0.05) is 57.4 Å². The fourth-order valence-corrected chi connectivity index (χ4v) is 3.44. The second-order valence-corrected chi connectivity index (χ2v) is 7.59. The number of hydrogen-bond acceptors (Lipinski definition) is 4. The third-order valence-electron chi connectivity index (χ3n) is 5.33. The molecule has 1 saturated heterocycles. The number of benzene rings is 2. The summed E-state index contributed by atoms with van der Waals surface area (Å²) in [6.07, 6.45) is -1.26. The summed E-state index contributed by atoms with van der Waals surface area (Å²) >= 11 is 0. The van der Waals surface area contributed by atoms with Gasteiger partial charge in [-0.25, -0.2) is 13.6 Å². The Morgan fingerprint density at radius 1 is 1.07 bits per heavy atom. The zero-order chi connectivity index (χ0) is 21.5. The molecule has 30 heavy (non-hydrogen) atoms. The van der Waals surface area contributed by atoms with Crippen LogP contribution in [-0.4, -0.2) is 60.7 Å². The Morgan fingerprint density at radius 3 is 2.47 bits per heavy atom. The lowest BCUT2D eigenvalue weighted by Gasteiger charge is -2.32. The zero-order valence-electron chi connectivity index (χ0n) is 17.1. The minimum absolute atomic E-state index is 0.0609. The Morgan fingerprint density at radius 2 is 1.77 bits per heavy atom. The van der Waals surface area contributed by atoms with Gasteiger partial charge in [-0.3, -0.25) is 4.90 Å². The van der Waals surface area contributed by atoms with Gasteiger partial charge in [-0.05, 0) is 24.2 Å². The molecule has 2 aromatic carbocycles. The molecule has 0 aliphatic carbocycles. The van der Waals surface area contributed by atoms with Crippen molar-refractivity contribution in [1.82, 2.24) is 20.4 Å². The van der Waals surface area contributed by atoms with Crippen molar-refractivity contribution in [2.45, 2.75) is 19.2 Å². The van der Waals surface area contributed by atoms with Gasteiger partial charge in [-0.15, -0.1) is 0 Å². The van der Waals surface area contributed by atoms with E-state index >= 15 is 0 Å². The highest BCUT2D eigenvalue weighted by molar-refractivity contribution is 5.73. The van der Waals surface area contributed by atoms with E-state index in [-0.39, 0.29) is 12.1 Å². The number of aliphatic hydroxyl groups is 1. The molecule has 0 radical (unpaired) electrons. The number of aliphatic hydroxyl groups excluding tert-OH is 1. The number of nitrogens with one attached hydrogen (secondary N) is 2. The first-order valence-electron chi connectivity index (χ1n) is 10.0. The molecule has 0 spiro atoms. The molecular weight excluding hydrogens is 390 g/mol. The lowest BCUT2D eigenvalue weighted by Crippen LogP contribution is -2.44. The number of halogens is 2. The average Bonchev–Trinajstić information content (AvgIpc) is 2.73. The van der Waals surface area contributed by atoms with Crippen LogP contribution in [0.3, 0.4) is 0 Å². The van der Waals surface area contributed by atoms with E-state index in [1.54, 1.807) is 0 Å². The molecule has 0 saturated carbocycles. The number of hydrogen-bond donors (Lipinski definition) is 3. The number of rotatable bonds is 7. The minimum Gasteiger partial charge on any atom is -0.386 e. The molecule has 1 aliphatic rings. The monoisotopic (exact) mass is 418 g/mol. The van der Waals surface area contributed by atoms with Crippen molar-refractivity contribution in [2.24, 2.45) is 0 Å². The predicted octanol–water partition coefficient (Wildman–Crippen LogP) is 2.25. The Bertz CT molecular complexity index is 857. The number of piperazine rings is 1. The lowest BCUT2D eigenvalue weighted by atomic mass is 10.1. The first kappa shape index (κ1) is 22.1. The van der Waals surface area contributed by atoms with Gasteiger partial charge in [0.05, 0.1) is 6.10 Å². The van der Waals surface area contributed by atoms with Crippen molar-refractivity contribution in [2.75, 3.05) is 39.8 Å². The minimum atomic E-state index is -1.26. The van der Waals surface area contributed by atoms with E-state index in [9.17, 15) is 18.7 Å². The summed E-state index contributed by atoms with van der Waals surface area (Å²) in [5.41, 5.74) is 2.13. The maximum Gasteiger partial charge on any atom is 0.315 e. The van der Waals surface area contributed by atoms with Crippen LogP contribution in [0.25, 0.3) is 0 Å². The van der Waals surface area contributed by atoms with Gasteiger partial charge in [0.25, 0.3) is 0 Å². The van der Waals surface area contributed by atoms with Crippen molar-refractivity contribution < 1.29 is 18.7 Å². The van der Waals surface area contributed by atoms with Gasteiger partial charge in [-0.1, -0.05) is 30.3 Å². The molecule has 1 atom stereocenters. The topological polar surface area (TPSA) is 67.8 Å². The Balaban J connectivity index is 1.48. The van der Waals surface area contributed by atoms with E-state index in [4.69, 9.17) is 0 Å². The molecule has 6 nitrogen and oxygen atoms in total. The van der Waals surface area contributed by atoms with E-state index in [0.717, 1.165) is 49.9 Å². The zero-order valence-corrected chi connectivity index (χ0v) is 17.1. The summed E-state index contributed by atoms with van der Waals surface area (Å²) < 4.78 is 26.7. The van der Waals surface area contributed by atoms with Gasteiger partial charge in [0.1, 0.15) is 11.6 Å². The molecule has 2 amide bonds. The number of urea groups is 1. The van der Waals surface area contributed by atoms with Crippen LogP contribution in [0.15, 0.2) is 42.5 Å². The molecular formula is C22H28F2N4O2. The fourth-order valence-electron chi connectivity index (χ4n) is 3.44. The molecule has 0 bridgehead atoms. The van der Waals surface area contributed by atoms with Crippen LogP contribution >= 0.6 is 0 Å². The van der Waals surface area contributed by atoms with E-state index in [1.807, 2.05) is 18.2 Å². The first-order valence-corrected chi connectivity index (χ1v) is 10.0. The largest absolute Gasteiger partial charge is 0.386 e. The molecule has 3 N–H and O–H groups in total. The second-order valence-electron chi connectivity index (χ2n) is 7.59. The van der Waals surface area contributed by atoms with Crippen LogP contribution in [0.1, 0.15) is 22.8 Å². The molecule has 2 aromatic rings. The van der Waals surface area contributed by atoms with Crippen LogP contribution in [0, 0.1) is 11.6 Å². The normalized spacial score (nSPS) is 16.3. The van der Waals surface area contributed by atoms with Crippen LogP contribution in [0.4, 0.5) is 13.6 Å². The SMILES string of the molecule is CN1CCN(Cc2ccccc2CNC(=O)NC[C@H](O)c2ccc(F)cc2F)CC1. The van der Waals surface area contributed by atoms with Crippen LogP contribution in [-0.2, 0) is 13.1 Å². The molecule has 0 aromatic heterocycles. The maximum atomic E-state index is 13.7. The van der Waals surface area contributed by atoms with Crippen molar-refractivity contribution in [3.63, 3.8) is 0 Å². The number of carbonyl (C=O) groups excluding carboxylic acids is 1. The lowest BCUT2D eigenvalue weighted by molar-refractivity contribution is 0.148. The molecule has 8 heteroatoms. The highest BCUT2D eigenvalue weighted by Crippen LogP contribution is 2.17. The highest BCUT2D eigenvalue weighted by Gasteiger charge is 2.16. The maximum absolute atomic E-state index is 13.7. The van der Waals surface area contributed by atoms with Gasteiger partial charge in [-0.2, -0.15) is 0 Å². The third kappa shape index (κ3) is 6.22. The van der Waals surface area contributed by atoms with E-state index in [1.165, 1.54) is 6.07 Å². The van der Waals surface area contributed by atoms with Crippen LogP contribution in [0.5, 0.6) is 0 Å². The summed E-state index contributed by atoms with van der Waals surface area (Å²) in [4.78, 5) is 16.8. The van der Waals surface area contributed by atoms with Crippen molar-refractivity contribution in [1.29, 1.82) is 0 Å². The van der Waals surface area contributed by atoms with Crippen molar-refractivity contribution in [3.05, 3.63) is 70.8 Å². The Kier molecular flexibility index (Phi) is 7.73. The number of amides is 2. The van der Waals surface area contributed by atoms with Gasteiger partial charge in [0.15, 0.2) is 0 Å². The summed E-state index contributed by atoms with van der Waals surface area (Å²) in [5.74, 6) is -1.56. The summed E-state index contributed by atoms with van der Waals surface area (Å²) in [6, 6.07) is 10.4. The molecule has 1 fully saturated rings. The predicted molar refractivity (Wildman–Crippen MR) is 111 cm³/mol. The van der Waals surface area contributed by atoms with Gasteiger partial charge < -0.3 is 20.6 Å². The molecule has 3 rings (SSSR count). The summed E-state index contributed by atoms with van der Waals surface area (Å²) in [6.45, 7) is 5.09. The van der Waals surface area contributed by atoms with Crippen LogP contribution < -0.4 is 10.6 Å². The molecule has 1 aliphatic heterocycles. The summed E-state index contributed by atoms with van der Waals surface area (Å²) in [5, 5.41) is 15.4. The number of carbonyl (C=O) groups is 1. The van der Waals surface area contributed by atoms with E-state index < -0.39 is 23.8 Å². The van der Waals surface area contributed by atoms with Gasteiger partial charge in [0.2, 0.25) is 0 Å².